The number of hydrogen-bond acceptors (Lipinski definition) is 9. The molecule has 59 heavy (non-hydrogen) atoms. The van der Waals surface area contributed by atoms with E-state index in [1.54, 1.807) is 11.1 Å². The molecule has 3 fully saturated rings. The van der Waals surface area contributed by atoms with Crippen molar-refractivity contribution >= 4 is 34.8 Å². The molecular weight excluding hydrogens is 753 g/mol. The topological polar surface area (TPSA) is 184 Å². The van der Waals surface area contributed by atoms with Crippen molar-refractivity contribution in [2.24, 2.45) is 5.92 Å². The quantitative estimate of drug-likeness (QED) is 0.118. The molecule has 15 nitrogen and oxygen atoms in total. The Morgan fingerprint density at radius 2 is 1.41 bits per heavy atom. The number of alkyl carbamates (subject to hydrolysis) is 2. The van der Waals surface area contributed by atoms with Gasteiger partial charge in [0.2, 0.25) is 11.8 Å². The first-order valence-corrected chi connectivity index (χ1v) is 19.9. The normalized spacial score (nSPS) is 18.8. The van der Waals surface area contributed by atoms with Gasteiger partial charge in [0.15, 0.2) is 0 Å². The molecule has 15 heteroatoms. The molecule has 8 rings (SSSR count). The number of amides is 4. The molecule has 5 aromatic rings. The van der Waals surface area contributed by atoms with Crippen LogP contribution in [0.5, 0.6) is 0 Å². The highest BCUT2D eigenvalue weighted by Crippen LogP contribution is 2.36. The average molecular weight is 801 g/mol. The second-order valence-corrected chi connectivity index (χ2v) is 15.3. The highest BCUT2D eigenvalue weighted by atomic mass is 16.5. The predicted molar refractivity (Wildman–Crippen MR) is 220 cm³/mol. The minimum Gasteiger partial charge on any atom is -0.453 e. The summed E-state index contributed by atoms with van der Waals surface area (Å²) in [6.07, 6.45) is 5.91. The summed E-state index contributed by atoms with van der Waals surface area (Å²) < 4.78 is 15.0. The maximum absolute atomic E-state index is 14.0. The summed E-state index contributed by atoms with van der Waals surface area (Å²) in [6, 6.07) is 19.8. The molecule has 0 saturated carbocycles. The second kappa shape index (κ2) is 17.2. The van der Waals surface area contributed by atoms with E-state index in [1.807, 2.05) is 23.2 Å². The van der Waals surface area contributed by atoms with Gasteiger partial charge in [-0.1, -0.05) is 60.7 Å². The number of nitrogens with zero attached hydrogens (tertiary/aromatic N) is 4. The molecule has 3 saturated heterocycles. The predicted octanol–water partition coefficient (Wildman–Crippen LogP) is 6.29. The Hall–Kier alpha value is -6.48. The average Bonchev–Trinajstić information content (AvgIpc) is 4.11. The molecule has 3 aromatic carbocycles. The number of aromatic amines is 2. The minimum atomic E-state index is -0.686. The monoisotopic (exact) mass is 800 g/mol. The molecule has 2 aromatic heterocycles. The summed E-state index contributed by atoms with van der Waals surface area (Å²) in [5, 5.41) is 7.44. The fourth-order valence-electron chi connectivity index (χ4n) is 8.48. The highest BCUT2D eigenvalue weighted by molar-refractivity contribution is 5.91. The summed E-state index contributed by atoms with van der Waals surface area (Å²) in [6.45, 7) is 6.02. The molecule has 3 atom stereocenters. The van der Waals surface area contributed by atoms with E-state index in [0.29, 0.717) is 51.4 Å². The van der Waals surface area contributed by atoms with Crippen LogP contribution in [-0.4, -0.2) is 107 Å². The summed E-state index contributed by atoms with van der Waals surface area (Å²) >= 11 is 0. The van der Waals surface area contributed by atoms with Crippen LogP contribution in [0.25, 0.3) is 44.4 Å². The van der Waals surface area contributed by atoms with Gasteiger partial charge in [-0.25, -0.2) is 19.6 Å². The summed E-state index contributed by atoms with van der Waals surface area (Å²) in [5.41, 5.74) is 6.71. The standard InChI is InChI=1S/C44H48N8O7/c1-26-19-37(52(25-26)38(53)24-47-43(55)57-2)41-46-22-34(48-41)28-8-6-27(7-9-28)30-10-11-32-21-33(13-12-31(32)20-30)35-23-45-40(49-35)36-5-4-16-51(36)42(54)39(50-44(56)58-3)29-14-17-59-18-15-29/h6-13,20-23,29,36-37,39H,1,4-5,14-19,24-25H2,2-3H3,(H,45,49)(H,46,48)(H,47,55)(H,50,56)/t36-,37-,39-/m0/s1. The van der Waals surface area contributed by atoms with Gasteiger partial charge >= 0.3 is 12.2 Å². The number of carbonyl (C=O) groups is 4. The molecule has 0 radical (unpaired) electrons. The Bertz CT molecular complexity index is 2370. The smallest absolute Gasteiger partial charge is 0.407 e. The molecule has 4 amide bonds. The van der Waals surface area contributed by atoms with E-state index in [0.717, 1.165) is 68.7 Å². The molecule has 3 aliphatic heterocycles. The van der Waals surface area contributed by atoms with E-state index in [1.165, 1.54) is 14.2 Å². The van der Waals surface area contributed by atoms with Gasteiger partial charge in [-0.3, -0.25) is 9.59 Å². The van der Waals surface area contributed by atoms with Crippen LogP contribution in [0.4, 0.5) is 9.59 Å². The van der Waals surface area contributed by atoms with Gasteiger partial charge in [-0.2, -0.15) is 0 Å². The van der Waals surface area contributed by atoms with Gasteiger partial charge < -0.3 is 44.6 Å². The van der Waals surface area contributed by atoms with Crippen molar-refractivity contribution in [1.82, 2.24) is 40.4 Å². The van der Waals surface area contributed by atoms with Crippen molar-refractivity contribution in [1.29, 1.82) is 0 Å². The number of likely N-dealkylation sites (tertiary alicyclic amines) is 2. The van der Waals surface area contributed by atoms with Gasteiger partial charge in [0.05, 0.1) is 50.1 Å². The van der Waals surface area contributed by atoms with Crippen molar-refractivity contribution in [3.8, 4) is 33.6 Å². The van der Waals surface area contributed by atoms with Gasteiger partial charge in [-0.15, -0.1) is 0 Å². The lowest BCUT2D eigenvalue weighted by Crippen LogP contribution is -2.53. The number of ether oxygens (including phenoxy) is 3. The van der Waals surface area contributed by atoms with Crippen molar-refractivity contribution in [2.45, 2.75) is 50.2 Å². The maximum Gasteiger partial charge on any atom is 0.407 e. The van der Waals surface area contributed by atoms with Crippen LogP contribution in [0.2, 0.25) is 0 Å². The number of hydrogen-bond donors (Lipinski definition) is 4. The molecular formula is C44H48N8O7. The van der Waals surface area contributed by atoms with Crippen LogP contribution in [0.1, 0.15) is 55.8 Å². The fourth-order valence-corrected chi connectivity index (χ4v) is 8.48. The fraction of sp³-hybridized carbons (Fsp3) is 0.364. The number of fused-ring (bicyclic) bond motifs is 1. The van der Waals surface area contributed by atoms with Gasteiger partial charge in [0.25, 0.3) is 0 Å². The first-order valence-electron chi connectivity index (χ1n) is 19.9. The van der Waals surface area contributed by atoms with Crippen molar-refractivity contribution < 1.29 is 33.4 Å². The van der Waals surface area contributed by atoms with Crippen LogP contribution in [-0.2, 0) is 23.8 Å². The van der Waals surface area contributed by atoms with E-state index in [-0.39, 0.29) is 36.4 Å². The van der Waals surface area contributed by atoms with Gasteiger partial charge in [0.1, 0.15) is 24.2 Å². The molecule has 0 aliphatic carbocycles. The lowest BCUT2D eigenvalue weighted by molar-refractivity contribution is -0.136. The lowest BCUT2D eigenvalue weighted by Gasteiger charge is -2.34. The lowest BCUT2D eigenvalue weighted by atomic mass is 9.90. The Morgan fingerprint density at radius 1 is 0.797 bits per heavy atom. The highest BCUT2D eigenvalue weighted by Gasteiger charge is 2.40. The number of methoxy groups -OCH3 is 2. The van der Waals surface area contributed by atoms with Crippen molar-refractivity contribution in [3.63, 3.8) is 0 Å². The number of nitrogens with one attached hydrogen (secondary N) is 4. The Kier molecular flexibility index (Phi) is 11.4. The first kappa shape index (κ1) is 39.4. The summed E-state index contributed by atoms with van der Waals surface area (Å²) in [7, 11) is 2.56. The Morgan fingerprint density at radius 3 is 2.10 bits per heavy atom. The molecule has 306 valence electrons. The molecule has 0 unspecified atom stereocenters. The number of carbonyl (C=O) groups excluding carboxylic acids is 4. The molecule has 5 heterocycles. The molecule has 4 N–H and O–H groups in total. The van der Waals surface area contributed by atoms with E-state index >= 15 is 0 Å². The molecule has 3 aliphatic rings. The number of H-pyrrole nitrogens is 2. The van der Waals surface area contributed by atoms with Gasteiger partial charge in [0, 0.05) is 31.9 Å². The van der Waals surface area contributed by atoms with Crippen LogP contribution in [0, 0.1) is 5.92 Å². The summed E-state index contributed by atoms with van der Waals surface area (Å²) in [5.74, 6) is 1.01. The number of rotatable bonds is 10. The Balaban J connectivity index is 0.938. The second-order valence-electron chi connectivity index (χ2n) is 15.3. The zero-order valence-corrected chi connectivity index (χ0v) is 33.2. The Labute approximate surface area is 341 Å². The van der Waals surface area contributed by atoms with Crippen LogP contribution >= 0.6 is 0 Å². The largest absolute Gasteiger partial charge is 0.453 e. The van der Waals surface area contributed by atoms with E-state index in [2.05, 4.69) is 85.4 Å². The zero-order valence-electron chi connectivity index (χ0n) is 33.2. The van der Waals surface area contributed by atoms with Crippen LogP contribution in [0.15, 0.2) is 85.2 Å². The minimum absolute atomic E-state index is 0.0289. The first-order chi connectivity index (χ1) is 28.7. The number of imidazole rings is 2. The van der Waals surface area contributed by atoms with Gasteiger partial charge in [-0.05, 0) is 77.6 Å². The van der Waals surface area contributed by atoms with E-state index in [9.17, 15) is 19.2 Å². The van der Waals surface area contributed by atoms with E-state index < -0.39 is 18.2 Å². The third-order valence-electron chi connectivity index (χ3n) is 11.6. The third kappa shape index (κ3) is 8.42. The third-order valence-corrected chi connectivity index (χ3v) is 11.6. The number of benzene rings is 3. The van der Waals surface area contributed by atoms with Crippen molar-refractivity contribution in [2.75, 3.05) is 47.1 Å². The van der Waals surface area contributed by atoms with Crippen molar-refractivity contribution in [3.05, 3.63) is 96.9 Å². The maximum atomic E-state index is 14.0. The van der Waals surface area contributed by atoms with Crippen LogP contribution in [0.3, 0.4) is 0 Å². The zero-order chi connectivity index (χ0) is 41.0. The van der Waals surface area contributed by atoms with E-state index in [4.69, 9.17) is 14.5 Å². The number of aromatic nitrogens is 4. The molecule has 0 spiro atoms. The summed E-state index contributed by atoms with van der Waals surface area (Å²) in [4.78, 5) is 70.4. The molecule has 0 bridgehead atoms. The SMILES string of the molecule is C=C1C[C@@H](c2ncc(-c3ccc(-c4ccc5cc(-c6cnc([C@@H]7CCCN7C(=O)[C@@H](NC(=O)OC)C7CCOCC7)[nH]6)ccc5c4)cc3)[nH]2)N(C(=O)CNC(=O)OC)C1. The van der Waals surface area contributed by atoms with Crippen LogP contribution < -0.4 is 10.6 Å².